The van der Waals surface area contributed by atoms with Crippen molar-refractivity contribution in [3.8, 4) is 0 Å². The van der Waals surface area contributed by atoms with E-state index in [1.54, 1.807) is 6.08 Å². The van der Waals surface area contributed by atoms with Gasteiger partial charge in [-0.2, -0.15) is 0 Å². The molecule has 0 aromatic heterocycles. The van der Waals surface area contributed by atoms with Crippen molar-refractivity contribution in [2.24, 2.45) is 5.92 Å². The van der Waals surface area contributed by atoms with Crippen molar-refractivity contribution in [3.05, 3.63) is 41.5 Å². The molecular weight excluding hydrogens is 276 g/mol. The number of aryl methyl sites for hydroxylation is 1. The summed E-state index contributed by atoms with van der Waals surface area (Å²) in [5.41, 5.74) is 2.22. The van der Waals surface area contributed by atoms with E-state index >= 15 is 0 Å². The Hall–Kier alpha value is -2.10. The van der Waals surface area contributed by atoms with Crippen LogP contribution in [-0.4, -0.2) is 47.8 Å². The third-order valence-electron chi connectivity index (χ3n) is 4.29. The van der Waals surface area contributed by atoms with Crippen LogP contribution in [-0.2, 0) is 9.59 Å². The summed E-state index contributed by atoms with van der Waals surface area (Å²) >= 11 is 0. The number of rotatable bonds is 3. The molecular formula is C18H22N2O2. The lowest BCUT2D eigenvalue weighted by Crippen LogP contribution is -2.50. The minimum absolute atomic E-state index is 0.0278. The monoisotopic (exact) mass is 298 g/mol. The van der Waals surface area contributed by atoms with Crippen LogP contribution >= 0.6 is 0 Å². The number of nitrogens with zero attached hydrogens (tertiary/aromatic N) is 2. The van der Waals surface area contributed by atoms with Crippen LogP contribution in [0.4, 0.5) is 0 Å². The average Bonchev–Trinajstić information content (AvgIpc) is 3.37. The molecule has 22 heavy (non-hydrogen) atoms. The molecule has 1 saturated heterocycles. The van der Waals surface area contributed by atoms with Gasteiger partial charge in [0.25, 0.3) is 0 Å². The maximum absolute atomic E-state index is 12.2. The molecule has 1 heterocycles. The molecule has 0 N–H and O–H groups in total. The maximum Gasteiger partial charge on any atom is 0.246 e. The van der Waals surface area contributed by atoms with E-state index < -0.39 is 0 Å². The minimum atomic E-state index is 0.0278. The second-order valence-electron chi connectivity index (χ2n) is 6.17. The molecule has 1 aromatic carbocycles. The third kappa shape index (κ3) is 3.56. The van der Waals surface area contributed by atoms with Crippen molar-refractivity contribution in [1.29, 1.82) is 0 Å². The molecule has 116 valence electrons. The molecule has 3 rings (SSSR count). The number of hydrogen-bond donors (Lipinski definition) is 0. The van der Waals surface area contributed by atoms with Crippen LogP contribution in [0.5, 0.6) is 0 Å². The van der Waals surface area contributed by atoms with E-state index in [0.717, 1.165) is 18.4 Å². The molecule has 1 saturated carbocycles. The first-order chi connectivity index (χ1) is 10.6. The molecule has 2 fully saturated rings. The van der Waals surface area contributed by atoms with Gasteiger partial charge in [0.1, 0.15) is 0 Å². The van der Waals surface area contributed by atoms with E-state index in [4.69, 9.17) is 0 Å². The fraction of sp³-hybridized carbons (Fsp3) is 0.444. The molecule has 0 radical (unpaired) electrons. The molecule has 2 amide bonds. The summed E-state index contributed by atoms with van der Waals surface area (Å²) in [5.74, 6) is 0.575. The Morgan fingerprint density at radius 3 is 2.41 bits per heavy atom. The third-order valence-corrected chi connectivity index (χ3v) is 4.29. The molecule has 4 heteroatoms. The predicted octanol–water partition coefficient (Wildman–Crippen LogP) is 2.09. The standard InChI is InChI=1S/C18H22N2O2/c1-14-3-2-4-15(13-14)5-8-17(21)19-9-11-20(12-10-19)18(22)16-6-7-16/h2-5,8,13,16H,6-7,9-12H2,1H3. The molecule has 0 atom stereocenters. The van der Waals surface area contributed by atoms with Gasteiger partial charge >= 0.3 is 0 Å². The van der Waals surface area contributed by atoms with Gasteiger partial charge in [0, 0.05) is 38.2 Å². The Balaban J connectivity index is 1.52. The highest BCUT2D eigenvalue weighted by Crippen LogP contribution is 2.31. The van der Waals surface area contributed by atoms with Gasteiger partial charge in [-0.15, -0.1) is 0 Å². The Morgan fingerprint density at radius 2 is 1.77 bits per heavy atom. The summed E-state index contributed by atoms with van der Waals surface area (Å²) in [4.78, 5) is 27.9. The van der Waals surface area contributed by atoms with E-state index in [0.29, 0.717) is 26.2 Å². The Kier molecular flexibility index (Phi) is 4.27. The topological polar surface area (TPSA) is 40.6 Å². The van der Waals surface area contributed by atoms with Gasteiger partial charge in [0.15, 0.2) is 0 Å². The van der Waals surface area contributed by atoms with Crippen molar-refractivity contribution < 1.29 is 9.59 Å². The summed E-state index contributed by atoms with van der Waals surface area (Å²) in [7, 11) is 0. The van der Waals surface area contributed by atoms with Gasteiger partial charge in [0.2, 0.25) is 11.8 Å². The van der Waals surface area contributed by atoms with Crippen LogP contribution in [0.25, 0.3) is 6.08 Å². The van der Waals surface area contributed by atoms with E-state index in [9.17, 15) is 9.59 Å². The van der Waals surface area contributed by atoms with Crippen LogP contribution < -0.4 is 0 Å². The zero-order valence-corrected chi connectivity index (χ0v) is 13.0. The van der Waals surface area contributed by atoms with Gasteiger partial charge < -0.3 is 9.80 Å². The fourth-order valence-electron chi connectivity index (χ4n) is 2.78. The van der Waals surface area contributed by atoms with E-state index in [1.807, 2.05) is 41.0 Å². The van der Waals surface area contributed by atoms with Crippen LogP contribution in [0.3, 0.4) is 0 Å². The highest BCUT2D eigenvalue weighted by Gasteiger charge is 2.34. The largest absolute Gasteiger partial charge is 0.339 e. The maximum atomic E-state index is 12.2. The van der Waals surface area contributed by atoms with E-state index in [-0.39, 0.29) is 17.7 Å². The van der Waals surface area contributed by atoms with Crippen LogP contribution in [0.15, 0.2) is 30.3 Å². The minimum Gasteiger partial charge on any atom is -0.339 e. The first-order valence-corrected chi connectivity index (χ1v) is 7.96. The number of carbonyl (C=O) groups is 2. The highest BCUT2D eigenvalue weighted by molar-refractivity contribution is 5.92. The second kappa shape index (κ2) is 6.34. The van der Waals surface area contributed by atoms with E-state index in [1.165, 1.54) is 5.56 Å². The Morgan fingerprint density at radius 1 is 1.09 bits per heavy atom. The summed E-state index contributed by atoms with van der Waals surface area (Å²) in [6.07, 6.45) is 5.57. The summed E-state index contributed by atoms with van der Waals surface area (Å²) < 4.78 is 0. The molecule has 1 aromatic rings. The molecule has 4 nitrogen and oxygen atoms in total. The average molecular weight is 298 g/mol. The summed E-state index contributed by atoms with van der Waals surface area (Å²) in [5, 5.41) is 0. The predicted molar refractivity (Wildman–Crippen MR) is 86.1 cm³/mol. The number of piperazine rings is 1. The van der Waals surface area contributed by atoms with Crippen LogP contribution in [0.1, 0.15) is 24.0 Å². The SMILES string of the molecule is Cc1cccc(C=CC(=O)N2CCN(C(=O)C3CC3)CC2)c1. The quantitative estimate of drug-likeness (QED) is 0.802. The zero-order valence-electron chi connectivity index (χ0n) is 13.0. The van der Waals surface area contributed by atoms with Gasteiger partial charge in [-0.1, -0.05) is 29.8 Å². The van der Waals surface area contributed by atoms with Crippen molar-refractivity contribution in [3.63, 3.8) is 0 Å². The first kappa shape index (κ1) is 14.8. The number of carbonyl (C=O) groups excluding carboxylic acids is 2. The van der Waals surface area contributed by atoms with Crippen molar-refractivity contribution in [1.82, 2.24) is 9.80 Å². The first-order valence-electron chi connectivity index (χ1n) is 7.96. The van der Waals surface area contributed by atoms with Crippen molar-refractivity contribution in [2.45, 2.75) is 19.8 Å². The van der Waals surface area contributed by atoms with Crippen molar-refractivity contribution >= 4 is 17.9 Å². The van der Waals surface area contributed by atoms with Gasteiger partial charge in [-0.25, -0.2) is 0 Å². The second-order valence-corrected chi connectivity index (χ2v) is 6.17. The molecule has 1 aliphatic carbocycles. The lowest BCUT2D eigenvalue weighted by Gasteiger charge is -2.34. The fourth-order valence-corrected chi connectivity index (χ4v) is 2.78. The lowest BCUT2D eigenvalue weighted by atomic mass is 10.1. The normalized spacial score (nSPS) is 18.8. The number of benzene rings is 1. The number of amides is 2. The molecule has 0 unspecified atom stereocenters. The van der Waals surface area contributed by atoms with Gasteiger partial charge in [-0.05, 0) is 31.4 Å². The van der Waals surface area contributed by atoms with E-state index in [2.05, 4.69) is 6.07 Å². The number of hydrogen-bond acceptors (Lipinski definition) is 2. The molecule has 0 bridgehead atoms. The summed E-state index contributed by atoms with van der Waals surface area (Å²) in [6.45, 7) is 4.64. The molecule has 1 aliphatic heterocycles. The van der Waals surface area contributed by atoms with Crippen molar-refractivity contribution in [2.75, 3.05) is 26.2 Å². The summed E-state index contributed by atoms with van der Waals surface area (Å²) in [6, 6.07) is 8.07. The van der Waals surface area contributed by atoms with Crippen LogP contribution in [0, 0.1) is 12.8 Å². The van der Waals surface area contributed by atoms with Gasteiger partial charge in [-0.3, -0.25) is 9.59 Å². The molecule has 0 spiro atoms. The molecule has 2 aliphatic rings. The smallest absolute Gasteiger partial charge is 0.246 e. The van der Waals surface area contributed by atoms with Crippen LogP contribution in [0.2, 0.25) is 0 Å². The highest BCUT2D eigenvalue weighted by atomic mass is 16.2. The Bertz CT molecular complexity index is 597. The zero-order chi connectivity index (χ0) is 15.5. The lowest BCUT2D eigenvalue weighted by molar-refractivity contribution is -0.138. The Labute approximate surface area is 131 Å². The van der Waals surface area contributed by atoms with Gasteiger partial charge in [0.05, 0.1) is 0 Å².